The van der Waals surface area contributed by atoms with Crippen molar-refractivity contribution in [3.8, 4) is 0 Å². The lowest BCUT2D eigenvalue weighted by Gasteiger charge is -2.22. The third-order valence-corrected chi connectivity index (χ3v) is 4.96. The fraction of sp³-hybridized carbons (Fsp3) is 0.400. The second-order valence-corrected chi connectivity index (χ2v) is 6.76. The van der Waals surface area contributed by atoms with Crippen LogP contribution in [0, 0.1) is 11.8 Å². The van der Waals surface area contributed by atoms with E-state index in [2.05, 4.69) is 49.2 Å². The summed E-state index contributed by atoms with van der Waals surface area (Å²) in [6, 6.07) is 10.2. The zero-order chi connectivity index (χ0) is 16.4. The Morgan fingerprint density at radius 3 is 2.74 bits per heavy atom. The maximum Gasteiger partial charge on any atom is 0.243 e. The van der Waals surface area contributed by atoms with Crippen LogP contribution in [0.25, 0.3) is 0 Å². The van der Waals surface area contributed by atoms with Crippen LogP contribution in [0.15, 0.2) is 59.2 Å². The highest BCUT2D eigenvalue weighted by Gasteiger charge is 2.43. The lowest BCUT2D eigenvalue weighted by atomic mass is 9.85. The number of carbonyl (C=O) groups is 1. The van der Waals surface area contributed by atoms with Crippen LogP contribution in [0.4, 0.5) is 0 Å². The Hall–Kier alpha value is -2.16. The van der Waals surface area contributed by atoms with E-state index in [4.69, 9.17) is 0 Å². The topological polar surface area (TPSA) is 41.5 Å². The van der Waals surface area contributed by atoms with Crippen molar-refractivity contribution in [2.45, 2.75) is 39.0 Å². The molecule has 3 atom stereocenters. The lowest BCUT2D eigenvalue weighted by molar-refractivity contribution is -0.122. The zero-order valence-corrected chi connectivity index (χ0v) is 13.9. The zero-order valence-electron chi connectivity index (χ0n) is 13.9. The third-order valence-electron chi connectivity index (χ3n) is 4.96. The maximum absolute atomic E-state index is 12.3. The van der Waals surface area contributed by atoms with E-state index in [0.29, 0.717) is 11.8 Å². The first-order valence-electron chi connectivity index (χ1n) is 8.30. The Bertz CT molecular complexity index is 672. The van der Waals surface area contributed by atoms with E-state index in [1.807, 2.05) is 18.2 Å². The highest BCUT2D eigenvalue weighted by molar-refractivity contribution is 6.01. The molecule has 1 amide bonds. The number of hydrogen-bond acceptors (Lipinski definition) is 2. The Kier molecular flexibility index (Phi) is 4.46. The van der Waals surface area contributed by atoms with Crippen LogP contribution in [-0.4, -0.2) is 11.6 Å². The molecule has 0 heterocycles. The number of rotatable bonds is 4. The molecule has 23 heavy (non-hydrogen) atoms. The smallest absolute Gasteiger partial charge is 0.243 e. The molecule has 3 nitrogen and oxygen atoms in total. The minimum absolute atomic E-state index is 0.0385. The van der Waals surface area contributed by atoms with Gasteiger partial charge >= 0.3 is 0 Å². The highest BCUT2D eigenvalue weighted by Crippen LogP contribution is 2.47. The van der Waals surface area contributed by atoms with Crippen LogP contribution in [0.1, 0.15) is 44.6 Å². The van der Waals surface area contributed by atoms with Gasteiger partial charge in [0, 0.05) is 5.92 Å². The Morgan fingerprint density at radius 2 is 2.04 bits per heavy atom. The first-order valence-corrected chi connectivity index (χ1v) is 8.30. The molecule has 3 rings (SSSR count). The normalized spacial score (nSPS) is 28.2. The van der Waals surface area contributed by atoms with Gasteiger partial charge in [0.2, 0.25) is 5.91 Å². The van der Waals surface area contributed by atoms with Crippen molar-refractivity contribution in [1.82, 2.24) is 5.43 Å². The van der Waals surface area contributed by atoms with Gasteiger partial charge in [-0.25, -0.2) is 5.43 Å². The predicted molar refractivity (Wildman–Crippen MR) is 94.2 cm³/mol. The molecule has 120 valence electrons. The molecule has 0 unspecified atom stereocenters. The van der Waals surface area contributed by atoms with Gasteiger partial charge in [0.15, 0.2) is 0 Å². The Morgan fingerprint density at radius 1 is 1.30 bits per heavy atom. The monoisotopic (exact) mass is 308 g/mol. The van der Waals surface area contributed by atoms with Gasteiger partial charge < -0.3 is 0 Å². The van der Waals surface area contributed by atoms with Gasteiger partial charge in [-0.2, -0.15) is 5.10 Å². The molecule has 3 heteroatoms. The van der Waals surface area contributed by atoms with Gasteiger partial charge in [-0.05, 0) is 56.1 Å². The molecule has 1 aromatic carbocycles. The second kappa shape index (κ2) is 6.53. The van der Waals surface area contributed by atoms with E-state index >= 15 is 0 Å². The second-order valence-electron chi connectivity index (χ2n) is 6.76. The van der Waals surface area contributed by atoms with Crippen LogP contribution >= 0.6 is 0 Å². The Labute approximate surface area is 138 Å². The van der Waals surface area contributed by atoms with Crippen LogP contribution in [0.2, 0.25) is 0 Å². The molecular weight excluding hydrogens is 284 g/mol. The van der Waals surface area contributed by atoms with Crippen LogP contribution in [0.5, 0.6) is 0 Å². The molecule has 0 aliphatic heterocycles. The first kappa shape index (κ1) is 15.7. The number of hydrogen-bond donors (Lipinski definition) is 1. The summed E-state index contributed by atoms with van der Waals surface area (Å²) in [6.45, 7) is 8.16. The molecule has 2 aliphatic rings. The number of nitrogens with zero attached hydrogens (tertiary/aromatic N) is 1. The molecular formula is C20H24N2O. The summed E-state index contributed by atoms with van der Waals surface area (Å²) in [5.74, 6) is 0.887. The summed E-state index contributed by atoms with van der Waals surface area (Å²) in [4.78, 5) is 12.3. The number of allylic oxidation sites excluding steroid dienone is 3. The van der Waals surface area contributed by atoms with E-state index in [1.165, 1.54) is 16.7 Å². The fourth-order valence-electron chi connectivity index (χ4n) is 3.18. The number of carbonyl (C=O) groups excluding carboxylic acids is 1. The molecule has 0 saturated heterocycles. The summed E-state index contributed by atoms with van der Waals surface area (Å²) in [5.41, 5.74) is 7.35. The largest absolute Gasteiger partial charge is 0.273 e. The van der Waals surface area contributed by atoms with E-state index in [-0.39, 0.29) is 11.8 Å². The van der Waals surface area contributed by atoms with Crippen molar-refractivity contribution < 1.29 is 4.79 Å². The van der Waals surface area contributed by atoms with Gasteiger partial charge in [0.25, 0.3) is 0 Å². The Balaban J connectivity index is 1.60. The lowest BCUT2D eigenvalue weighted by Crippen LogP contribution is -2.24. The van der Waals surface area contributed by atoms with Crippen molar-refractivity contribution in [2.75, 3.05) is 0 Å². The van der Waals surface area contributed by atoms with Crippen LogP contribution in [-0.2, 0) is 4.79 Å². The summed E-state index contributed by atoms with van der Waals surface area (Å²) in [5, 5.41) is 4.39. The van der Waals surface area contributed by atoms with Gasteiger partial charge in [-0.3, -0.25) is 4.79 Å². The van der Waals surface area contributed by atoms with Crippen molar-refractivity contribution in [3.63, 3.8) is 0 Å². The molecule has 0 bridgehead atoms. The summed E-state index contributed by atoms with van der Waals surface area (Å²) < 4.78 is 0. The SMILES string of the molecule is C=C(C)[C@H]1CC=C(C)/C(=N\NC(=O)[C@@H]2C[C@@H]2c2ccccc2)C1. The average molecular weight is 308 g/mol. The van der Waals surface area contributed by atoms with Crippen LogP contribution in [0.3, 0.4) is 0 Å². The first-order chi connectivity index (χ1) is 11.1. The van der Waals surface area contributed by atoms with Crippen molar-refractivity contribution in [3.05, 3.63) is 59.7 Å². The molecule has 1 saturated carbocycles. The molecule has 0 aromatic heterocycles. The van der Waals surface area contributed by atoms with Crippen molar-refractivity contribution in [2.24, 2.45) is 16.9 Å². The van der Waals surface area contributed by atoms with Gasteiger partial charge in [0.05, 0.1) is 5.71 Å². The van der Waals surface area contributed by atoms with Crippen molar-refractivity contribution in [1.29, 1.82) is 0 Å². The molecule has 1 N–H and O–H groups in total. The maximum atomic E-state index is 12.3. The minimum Gasteiger partial charge on any atom is -0.273 e. The summed E-state index contributed by atoms with van der Waals surface area (Å²) >= 11 is 0. The van der Waals surface area contributed by atoms with E-state index in [9.17, 15) is 4.79 Å². The molecule has 0 spiro atoms. The molecule has 0 radical (unpaired) electrons. The van der Waals surface area contributed by atoms with Gasteiger partial charge in [-0.1, -0.05) is 48.6 Å². The standard InChI is InChI=1S/C20H24N2O/c1-13(2)16-10-9-14(3)19(11-16)21-22-20(23)18-12-17(18)15-7-5-4-6-8-15/h4-9,16-18H,1,10-12H2,2-3H3,(H,22,23)/b21-19-/t16-,17+,18+/m0/s1. The number of benzene rings is 1. The van der Waals surface area contributed by atoms with E-state index in [0.717, 1.165) is 25.0 Å². The summed E-state index contributed by atoms with van der Waals surface area (Å²) in [7, 11) is 0. The van der Waals surface area contributed by atoms with Gasteiger partial charge in [0.1, 0.15) is 0 Å². The number of amides is 1. The van der Waals surface area contributed by atoms with E-state index in [1.54, 1.807) is 0 Å². The van der Waals surface area contributed by atoms with Crippen LogP contribution < -0.4 is 5.43 Å². The van der Waals surface area contributed by atoms with Gasteiger partial charge in [-0.15, -0.1) is 0 Å². The molecule has 1 aromatic rings. The fourth-order valence-corrected chi connectivity index (χ4v) is 3.18. The van der Waals surface area contributed by atoms with Crippen molar-refractivity contribution >= 4 is 11.6 Å². The third kappa shape index (κ3) is 3.61. The molecule has 1 fully saturated rings. The number of hydrazone groups is 1. The minimum atomic E-state index is 0.0385. The average Bonchev–Trinajstić information content (AvgIpc) is 3.35. The predicted octanol–water partition coefficient (Wildman–Crippen LogP) is 4.19. The summed E-state index contributed by atoms with van der Waals surface area (Å²) in [6.07, 6.45) is 5.00. The van der Waals surface area contributed by atoms with E-state index < -0.39 is 0 Å². The number of nitrogens with one attached hydrogen (secondary N) is 1. The quantitative estimate of drug-likeness (QED) is 0.657. The molecule has 2 aliphatic carbocycles. The highest BCUT2D eigenvalue weighted by atomic mass is 16.2.